The number of aryl methyl sites for hydroxylation is 1. The van der Waals surface area contributed by atoms with E-state index >= 15 is 0 Å². The highest BCUT2D eigenvalue weighted by Gasteiger charge is 2.28. The van der Waals surface area contributed by atoms with Gasteiger partial charge in [-0.1, -0.05) is 24.4 Å². The first-order valence-corrected chi connectivity index (χ1v) is 10.2. The second-order valence-corrected chi connectivity index (χ2v) is 8.13. The maximum Gasteiger partial charge on any atom is 0.273 e. The zero-order valence-electron chi connectivity index (χ0n) is 14.7. The van der Waals surface area contributed by atoms with Crippen LogP contribution in [0, 0.1) is 0 Å². The van der Waals surface area contributed by atoms with Gasteiger partial charge in [-0.15, -0.1) is 11.3 Å². The van der Waals surface area contributed by atoms with Gasteiger partial charge in [-0.3, -0.25) is 4.79 Å². The van der Waals surface area contributed by atoms with E-state index in [4.69, 9.17) is 4.52 Å². The molecular weight excluding hydrogens is 334 g/mol. The summed E-state index contributed by atoms with van der Waals surface area (Å²) >= 11 is 1.74. The van der Waals surface area contributed by atoms with Crippen LogP contribution in [0.3, 0.4) is 0 Å². The summed E-state index contributed by atoms with van der Waals surface area (Å²) in [6.07, 6.45) is 8.38. The third-order valence-corrected chi connectivity index (χ3v) is 6.52. The normalized spacial score (nSPS) is 17.4. The lowest BCUT2D eigenvalue weighted by molar-refractivity contribution is 0.0935. The Kier molecular flexibility index (Phi) is 4.90. The van der Waals surface area contributed by atoms with Crippen LogP contribution in [-0.2, 0) is 12.8 Å². The zero-order chi connectivity index (χ0) is 17.2. The summed E-state index contributed by atoms with van der Waals surface area (Å²) in [4.78, 5) is 16.2. The highest BCUT2D eigenvalue weighted by molar-refractivity contribution is 7.10. The molecule has 2 aromatic heterocycles. The van der Waals surface area contributed by atoms with Crippen molar-refractivity contribution in [2.75, 3.05) is 20.1 Å². The number of carbonyl (C=O) groups excluding carboxylic acids is 1. The average Bonchev–Trinajstić information content (AvgIpc) is 3.28. The molecule has 2 heterocycles. The standard InChI is InChI=1S/C19H25N3O2S/c1-22(13-5-3-2-4-6-13)11-10-20-19(23)17-15-7-8-16-14(9-12-25-16)18(15)24-21-17/h9,12-13H,2-8,10-11H2,1H3,(H,20,23). The molecule has 0 bridgehead atoms. The van der Waals surface area contributed by atoms with Crippen molar-refractivity contribution < 1.29 is 9.32 Å². The van der Waals surface area contributed by atoms with E-state index in [1.54, 1.807) is 11.3 Å². The number of aromatic nitrogens is 1. The van der Waals surface area contributed by atoms with E-state index in [9.17, 15) is 4.79 Å². The Bertz CT molecular complexity index is 746. The third-order valence-electron chi connectivity index (χ3n) is 5.54. The van der Waals surface area contributed by atoms with Crippen molar-refractivity contribution in [2.24, 2.45) is 0 Å². The Labute approximate surface area is 152 Å². The molecule has 25 heavy (non-hydrogen) atoms. The molecule has 1 saturated carbocycles. The summed E-state index contributed by atoms with van der Waals surface area (Å²) in [6, 6.07) is 2.73. The first kappa shape index (κ1) is 16.8. The summed E-state index contributed by atoms with van der Waals surface area (Å²) in [7, 11) is 2.16. The molecule has 1 amide bonds. The lowest BCUT2D eigenvalue weighted by Gasteiger charge is -2.31. The lowest BCUT2D eigenvalue weighted by atomic mass is 9.94. The van der Waals surface area contributed by atoms with Crippen LogP contribution in [0.15, 0.2) is 16.0 Å². The number of carbonyl (C=O) groups is 1. The summed E-state index contributed by atoms with van der Waals surface area (Å²) in [6.45, 7) is 1.53. The Balaban J connectivity index is 1.35. The monoisotopic (exact) mass is 359 g/mol. The zero-order valence-corrected chi connectivity index (χ0v) is 15.5. The number of hydrogen-bond acceptors (Lipinski definition) is 5. The molecule has 0 unspecified atom stereocenters. The molecule has 0 aliphatic heterocycles. The fourth-order valence-electron chi connectivity index (χ4n) is 4.04. The molecule has 6 heteroatoms. The Morgan fingerprint density at radius 1 is 1.36 bits per heavy atom. The quantitative estimate of drug-likeness (QED) is 0.888. The molecule has 1 fully saturated rings. The molecule has 0 atom stereocenters. The maximum absolute atomic E-state index is 12.5. The second-order valence-electron chi connectivity index (χ2n) is 7.12. The molecule has 0 radical (unpaired) electrons. The predicted octanol–water partition coefficient (Wildman–Crippen LogP) is 3.50. The van der Waals surface area contributed by atoms with Crippen molar-refractivity contribution in [3.05, 3.63) is 27.6 Å². The second kappa shape index (κ2) is 7.30. The van der Waals surface area contributed by atoms with Crippen molar-refractivity contribution in [1.82, 2.24) is 15.4 Å². The largest absolute Gasteiger partial charge is 0.355 e. The number of fused-ring (bicyclic) bond motifs is 3. The van der Waals surface area contributed by atoms with Gasteiger partial charge in [-0.05, 0) is 44.2 Å². The highest BCUT2D eigenvalue weighted by Crippen LogP contribution is 2.37. The predicted molar refractivity (Wildman–Crippen MR) is 99.1 cm³/mol. The van der Waals surface area contributed by atoms with Crippen LogP contribution in [0.1, 0.15) is 53.0 Å². The molecule has 134 valence electrons. The number of thiophene rings is 1. The Morgan fingerprint density at radius 3 is 3.04 bits per heavy atom. The van der Waals surface area contributed by atoms with Crippen LogP contribution in [-0.4, -0.2) is 42.1 Å². The number of amides is 1. The van der Waals surface area contributed by atoms with Gasteiger partial charge in [-0.25, -0.2) is 0 Å². The van der Waals surface area contributed by atoms with Gasteiger partial charge < -0.3 is 14.7 Å². The van der Waals surface area contributed by atoms with Crippen LogP contribution in [0.5, 0.6) is 0 Å². The SMILES string of the molecule is CN(CCNC(=O)c1noc2c1CCc1sccc1-2)C1CCCCC1. The molecule has 0 saturated heterocycles. The van der Waals surface area contributed by atoms with Crippen molar-refractivity contribution in [1.29, 1.82) is 0 Å². The van der Waals surface area contributed by atoms with Gasteiger partial charge in [0.05, 0.1) is 0 Å². The average molecular weight is 359 g/mol. The minimum absolute atomic E-state index is 0.110. The van der Waals surface area contributed by atoms with Gasteiger partial charge in [0.1, 0.15) is 0 Å². The van der Waals surface area contributed by atoms with Gasteiger partial charge in [0.2, 0.25) is 0 Å². The molecule has 4 rings (SSSR count). The third kappa shape index (κ3) is 3.37. The smallest absolute Gasteiger partial charge is 0.273 e. The van der Waals surface area contributed by atoms with E-state index in [1.165, 1.54) is 37.0 Å². The number of likely N-dealkylation sites (N-methyl/N-ethyl adjacent to an activating group) is 1. The van der Waals surface area contributed by atoms with Gasteiger partial charge >= 0.3 is 0 Å². The molecule has 2 aromatic rings. The first-order valence-electron chi connectivity index (χ1n) is 9.28. The van der Waals surface area contributed by atoms with E-state index < -0.39 is 0 Å². The number of rotatable bonds is 5. The maximum atomic E-state index is 12.5. The minimum Gasteiger partial charge on any atom is -0.355 e. The molecule has 1 N–H and O–H groups in total. The summed E-state index contributed by atoms with van der Waals surface area (Å²) in [5.41, 5.74) is 2.53. The van der Waals surface area contributed by atoms with Gasteiger partial charge in [-0.2, -0.15) is 0 Å². The van der Waals surface area contributed by atoms with E-state index in [2.05, 4.69) is 33.9 Å². The Hall–Kier alpha value is -1.66. The van der Waals surface area contributed by atoms with E-state index in [0.29, 0.717) is 18.3 Å². The van der Waals surface area contributed by atoms with Crippen LogP contribution >= 0.6 is 11.3 Å². The number of nitrogens with zero attached hydrogens (tertiary/aromatic N) is 2. The van der Waals surface area contributed by atoms with Crippen molar-refractivity contribution in [2.45, 2.75) is 51.0 Å². The van der Waals surface area contributed by atoms with Crippen LogP contribution in [0.2, 0.25) is 0 Å². The van der Waals surface area contributed by atoms with E-state index in [-0.39, 0.29) is 5.91 Å². The van der Waals surface area contributed by atoms with Crippen LogP contribution in [0.4, 0.5) is 0 Å². The van der Waals surface area contributed by atoms with Gasteiger partial charge in [0, 0.05) is 35.1 Å². The van der Waals surface area contributed by atoms with E-state index in [1.807, 2.05) is 0 Å². The Morgan fingerprint density at radius 2 is 2.20 bits per heavy atom. The van der Waals surface area contributed by atoms with Crippen LogP contribution < -0.4 is 5.32 Å². The molecule has 0 spiro atoms. The summed E-state index contributed by atoms with van der Waals surface area (Å²) in [5, 5.41) is 9.16. The molecule has 0 aromatic carbocycles. The van der Waals surface area contributed by atoms with Crippen molar-refractivity contribution >= 4 is 17.2 Å². The molecule has 2 aliphatic carbocycles. The fraction of sp³-hybridized carbons (Fsp3) is 0.579. The minimum atomic E-state index is -0.110. The van der Waals surface area contributed by atoms with Crippen molar-refractivity contribution in [3.8, 4) is 11.3 Å². The lowest BCUT2D eigenvalue weighted by Crippen LogP contribution is -2.39. The van der Waals surface area contributed by atoms with Gasteiger partial charge in [0.25, 0.3) is 5.91 Å². The van der Waals surface area contributed by atoms with Crippen LogP contribution in [0.25, 0.3) is 11.3 Å². The van der Waals surface area contributed by atoms with E-state index in [0.717, 1.165) is 36.3 Å². The summed E-state index contributed by atoms with van der Waals surface area (Å²) in [5.74, 6) is 0.674. The van der Waals surface area contributed by atoms with Gasteiger partial charge in [0.15, 0.2) is 11.5 Å². The first-order chi connectivity index (χ1) is 12.2. The molecule has 2 aliphatic rings. The fourth-order valence-corrected chi connectivity index (χ4v) is 4.92. The summed E-state index contributed by atoms with van der Waals surface area (Å²) < 4.78 is 5.50. The number of hydrogen-bond donors (Lipinski definition) is 1. The highest BCUT2D eigenvalue weighted by atomic mass is 32.1. The molecular formula is C19H25N3O2S. The molecule has 5 nitrogen and oxygen atoms in total. The van der Waals surface area contributed by atoms with Crippen molar-refractivity contribution in [3.63, 3.8) is 0 Å². The topological polar surface area (TPSA) is 58.4 Å². The number of nitrogens with one attached hydrogen (secondary N) is 1.